The molecule has 0 atom stereocenters. The van der Waals surface area contributed by atoms with E-state index in [9.17, 15) is 0 Å². The van der Waals surface area contributed by atoms with E-state index in [2.05, 4.69) is 11.8 Å². The molecule has 4 rings (SSSR count). The summed E-state index contributed by atoms with van der Waals surface area (Å²) in [5.74, 6) is 9.26. The minimum atomic E-state index is -0.502. The van der Waals surface area contributed by atoms with Gasteiger partial charge in [-0.25, -0.2) is 0 Å². The number of halogens is 2. The molecule has 4 aliphatic carbocycles. The summed E-state index contributed by atoms with van der Waals surface area (Å²) in [5, 5.41) is 0. The third-order valence-corrected chi connectivity index (χ3v) is 4.70. The molecule has 4 fully saturated rings. The predicted molar refractivity (Wildman–Crippen MR) is 63.9 cm³/mol. The molecule has 0 aromatic rings. The van der Waals surface area contributed by atoms with Gasteiger partial charge in [-0.1, -0.05) is 35.0 Å². The fraction of sp³-hybridized carbons (Fsp3) is 0.846. The maximum Gasteiger partial charge on any atom is 0.167 e. The van der Waals surface area contributed by atoms with Crippen molar-refractivity contribution >= 4 is 23.2 Å². The van der Waals surface area contributed by atoms with Gasteiger partial charge >= 0.3 is 0 Å². The molecule has 15 heavy (non-hydrogen) atoms. The van der Waals surface area contributed by atoms with E-state index < -0.39 is 4.84 Å². The van der Waals surface area contributed by atoms with Crippen LogP contribution in [0.15, 0.2) is 0 Å². The van der Waals surface area contributed by atoms with E-state index in [1.165, 1.54) is 38.5 Å². The highest BCUT2D eigenvalue weighted by molar-refractivity contribution is 6.46. The second-order valence-electron chi connectivity index (χ2n) is 5.77. The van der Waals surface area contributed by atoms with Crippen molar-refractivity contribution in [3.8, 4) is 11.8 Å². The lowest BCUT2D eigenvalue weighted by molar-refractivity contribution is -0.0181. The van der Waals surface area contributed by atoms with Gasteiger partial charge in [-0.2, -0.15) is 0 Å². The van der Waals surface area contributed by atoms with Crippen LogP contribution >= 0.6 is 23.2 Å². The summed E-state index contributed by atoms with van der Waals surface area (Å²) in [5.41, 5.74) is 0.302. The first kappa shape index (κ1) is 10.3. The normalized spacial score (nSPS) is 46.7. The number of rotatable bonds is 0. The highest BCUT2D eigenvalue weighted by atomic mass is 35.5. The van der Waals surface area contributed by atoms with Crippen molar-refractivity contribution in [2.24, 2.45) is 23.2 Å². The van der Waals surface area contributed by atoms with E-state index in [4.69, 9.17) is 23.2 Å². The minimum absolute atomic E-state index is 0.302. The summed E-state index contributed by atoms with van der Waals surface area (Å²) in [6.45, 7) is 0. The smallest absolute Gasteiger partial charge is 0.0936 e. The molecule has 0 saturated heterocycles. The molecule has 0 aromatic heterocycles. The van der Waals surface area contributed by atoms with E-state index in [1.807, 2.05) is 0 Å². The third-order valence-electron chi connectivity index (χ3n) is 4.48. The SMILES string of the molecule is ClC(Cl)C#CC12CC3CC(CC(C3)C1)C2. The third kappa shape index (κ3) is 1.90. The van der Waals surface area contributed by atoms with Gasteiger partial charge in [-0.05, 0) is 56.3 Å². The van der Waals surface area contributed by atoms with Crippen molar-refractivity contribution in [3.63, 3.8) is 0 Å². The Morgan fingerprint density at radius 1 is 0.933 bits per heavy atom. The zero-order valence-electron chi connectivity index (χ0n) is 8.81. The van der Waals surface area contributed by atoms with Crippen LogP contribution < -0.4 is 0 Å². The Labute approximate surface area is 102 Å². The molecule has 82 valence electrons. The quantitative estimate of drug-likeness (QED) is 0.445. The van der Waals surface area contributed by atoms with Crippen LogP contribution in [0, 0.1) is 35.0 Å². The van der Waals surface area contributed by atoms with E-state index in [-0.39, 0.29) is 0 Å². The van der Waals surface area contributed by atoms with Gasteiger partial charge in [0.15, 0.2) is 4.84 Å². The van der Waals surface area contributed by atoms with E-state index >= 15 is 0 Å². The first-order chi connectivity index (χ1) is 7.15. The van der Waals surface area contributed by atoms with Crippen molar-refractivity contribution in [3.05, 3.63) is 0 Å². The molecular weight excluding hydrogens is 227 g/mol. The average molecular weight is 243 g/mol. The molecule has 0 amide bonds. The van der Waals surface area contributed by atoms with Gasteiger partial charge in [0.2, 0.25) is 0 Å². The fourth-order valence-electron chi connectivity index (χ4n) is 4.47. The first-order valence-electron chi connectivity index (χ1n) is 5.96. The Morgan fingerprint density at radius 2 is 1.40 bits per heavy atom. The summed E-state index contributed by atoms with van der Waals surface area (Å²) in [7, 11) is 0. The highest BCUT2D eigenvalue weighted by Crippen LogP contribution is 2.59. The number of hydrogen-bond donors (Lipinski definition) is 0. The number of alkyl halides is 2. The van der Waals surface area contributed by atoms with Gasteiger partial charge in [-0.15, -0.1) is 0 Å². The summed E-state index contributed by atoms with van der Waals surface area (Å²) in [6.07, 6.45) is 8.33. The monoisotopic (exact) mass is 242 g/mol. The first-order valence-corrected chi connectivity index (χ1v) is 6.83. The molecule has 0 spiro atoms. The standard InChI is InChI=1S/C13H16Cl2/c14-12(15)1-2-13-6-9-3-10(7-13)5-11(4-9)8-13/h9-12H,3-8H2. The molecule has 0 N–H and O–H groups in total. The van der Waals surface area contributed by atoms with Gasteiger partial charge in [0.25, 0.3) is 0 Å². The van der Waals surface area contributed by atoms with Crippen LogP contribution in [0.5, 0.6) is 0 Å². The van der Waals surface area contributed by atoms with Crippen LogP contribution in [-0.4, -0.2) is 4.84 Å². The molecule has 4 aliphatic rings. The molecule has 4 saturated carbocycles. The lowest BCUT2D eigenvalue weighted by atomic mass is 9.50. The Hall–Kier alpha value is 0.140. The second-order valence-corrected chi connectivity index (χ2v) is 6.86. The molecule has 0 unspecified atom stereocenters. The molecule has 0 heterocycles. The molecule has 0 nitrogen and oxygen atoms in total. The van der Waals surface area contributed by atoms with Gasteiger partial charge in [0, 0.05) is 5.41 Å². The van der Waals surface area contributed by atoms with E-state index in [0.717, 1.165) is 17.8 Å². The Bertz CT molecular complexity index is 286. The summed E-state index contributed by atoms with van der Waals surface area (Å²) in [4.78, 5) is -0.502. The molecule has 0 radical (unpaired) electrons. The van der Waals surface area contributed by atoms with Gasteiger partial charge in [-0.3, -0.25) is 0 Å². The molecule has 0 aliphatic heterocycles. The van der Waals surface area contributed by atoms with Gasteiger partial charge in [0.1, 0.15) is 0 Å². The van der Waals surface area contributed by atoms with E-state index in [0.29, 0.717) is 5.41 Å². The fourth-order valence-corrected chi connectivity index (χ4v) is 4.58. The van der Waals surface area contributed by atoms with Crippen molar-refractivity contribution in [2.45, 2.75) is 43.4 Å². The molecule has 0 aromatic carbocycles. The molecule has 4 bridgehead atoms. The second kappa shape index (κ2) is 3.57. The largest absolute Gasteiger partial charge is 0.167 e. The average Bonchev–Trinajstić information content (AvgIpc) is 2.12. The maximum absolute atomic E-state index is 5.71. The highest BCUT2D eigenvalue weighted by Gasteiger charge is 2.50. The topological polar surface area (TPSA) is 0 Å². The number of hydrogen-bond acceptors (Lipinski definition) is 0. The van der Waals surface area contributed by atoms with Crippen LogP contribution in [0.25, 0.3) is 0 Å². The van der Waals surface area contributed by atoms with Crippen LogP contribution in [0.4, 0.5) is 0 Å². The van der Waals surface area contributed by atoms with Crippen molar-refractivity contribution in [1.82, 2.24) is 0 Å². The van der Waals surface area contributed by atoms with Crippen LogP contribution in [0.3, 0.4) is 0 Å². The van der Waals surface area contributed by atoms with Gasteiger partial charge < -0.3 is 0 Å². The molecular formula is C13H16Cl2. The van der Waals surface area contributed by atoms with Crippen LogP contribution in [0.2, 0.25) is 0 Å². The Kier molecular flexibility index (Phi) is 2.45. The summed E-state index contributed by atoms with van der Waals surface area (Å²) in [6, 6.07) is 0. The predicted octanol–water partition coefficient (Wildman–Crippen LogP) is 4.01. The zero-order chi connectivity index (χ0) is 10.5. The van der Waals surface area contributed by atoms with Crippen LogP contribution in [0.1, 0.15) is 38.5 Å². The molecule has 2 heteroatoms. The van der Waals surface area contributed by atoms with Gasteiger partial charge in [0.05, 0.1) is 0 Å². The minimum Gasteiger partial charge on any atom is -0.0936 e. The van der Waals surface area contributed by atoms with Crippen molar-refractivity contribution in [1.29, 1.82) is 0 Å². The summed E-state index contributed by atoms with van der Waals surface area (Å²) >= 11 is 11.4. The van der Waals surface area contributed by atoms with Crippen molar-refractivity contribution in [2.75, 3.05) is 0 Å². The van der Waals surface area contributed by atoms with Crippen LogP contribution in [-0.2, 0) is 0 Å². The Balaban J connectivity index is 1.85. The lowest BCUT2D eigenvalue weighted by Gasteiger charge is -2.54. The van der Waals surface area contributed by atoms with E-state index in [1.54, 1.807) is 0 Å². The Morgan fingerprint density at radius 3 is 1.80 bits per heavy atom. The maximum atomic E-state index is 5.71. The summed E-state index contributed by atoms with van der Waals surface area (Å²) < 4.78 is 0. The van der Waals surface area contributed by atoms with Crippen molar-refractivity contribution < 1.29 is 0 Å². The zero-order valence-corrected chi connectivity index (χ0v) is 10.3. The lowest BCUT2D eigenvalue weighted by Crippen LogP contribution is -2.45.